The van der Waals surface area contributed by atoms with E-state index in [9.17, 15) is 0 Å². The van der Waals surface area contributed by atoms with E-state index in [4.69, 9.17) is 6.42 Å². The highest BCUT2D eigenvalue weighted by Crippen LogP contribution is 2.24. The Morgan fingerprint density at radius 1 is 1.67 bits per heavy atom. The van der Waals surface area contributed by atoms with E-state index in [2.05, 4.69) is 16.2 Å². The summed E-state index contributed by atoms with van der Waals surface area (Å²) in [6.45, 7) is 1.09. The summed E-state index contributed by atoms with van der Waals surface area (Å²) in [5, 5.41) is 3.31. The van der Waals surface area contributed by atoms with Crippen LogP contribution in [0.5, 0.6) is 0 Å². The normalized spacial score (nSPS) is 21.1. The second kappa shape index (κ2) is 2.96. The van der Waals surface area contributed by atoms with Gasteiger partial charge in [0.1, 0.15) is 0 Å². The highest BCUT2D eigenvalue weighted by molar-refractivity contribution is 5.39. The van der Waals surface area contributed by atoms with Crippen molar-refractivity contribution in [3.05, 3.63) is 29.6 Å². The van der Waals surface area contributed by atoms with Crippen LogP contribution < -0.4 is 5.32 Å². The van der Waals surface area contributed by atoms with Crippen LogP contribution >= 0.6 is 0 Å². The lowest BCUT2D eigenvalue weighted by atomic mass is 9.95. The first-order valence-electron chi connectivity index (χ1n) is 4.05. The van der Waals surface area contributed by atoms with Crippen molar-refractivity contribution in [3.8, 4) is 12.3 Å². The van der Waals surface area contributed by atoms with Gasteiger partial charge in [0.15, 0.2) is 0 Å². The standard InChI is InChI=1S/C10H10N2/c1-2-8-7-11-5-3-9(8)10-4-6-12-10/h1,3,5,7,10,12H,4,6H2. The minimum Gasteiger partial charge on any atom is -0.310 e. The Hall–Kier alpha value is -1.33. The summed E-state index contributed by atoms with van der Waals surface area (Å²) in [6, 6.07) is 2.45. The average molecular weight is 158 g/mol. The number of rotatable bonds is 1. The second-order valence-corrected chi connectivity index (χ2v) is 2.90. The predicted octanol–water partition coefficient (Wildman–Crippen LogP) is 1.10. The van der Waals surface area contributed by atoms with E-state index in [0.29, 0.717) is 6.04 Å². The van der Waals surface area contributed by atoms with Crippen molar-refractivity contribution in [2.24, 2.45) is 0 Å². The molecule has 0 bridgehead atoms. The van der Waals surface area contributed by atoms with Crippen LogP contribution in [0.1, 0.15) is 23.6 Å². The van der Waals surface area contributed by atoms with E-state index in [1.165, 1.54) is 12.0 Å². The van der Waals surface area contributed by atoms with Gasteiger partial charge in [0.2, 0.25) is 0 Å². The molecule has 12 heavy (non-hydrogen) atoms. The molecule has 1 atom stereocenters. The van der Waals surface area contributed by atoms with E-state index in [1.807, 2.05) is 6.07 Å². The van der Waals surface area contributed by atoms with E-state index < -0.39 is 0 Å². The molecule has 2 rings (SSSR count). The number of aromatic nitrogens is 1. The zero-order chi connectivity index (χ0) is 8.39. The van der Waals surface area contributed by atoms with E-state index in [-0.39, 0.29) is 0 Å². The summed E-state index contributed by atoms with van der Waals surface area (Å²) in [5.41, 5.74) is 2.12. The monoisotopic (exact) mass is 158 g/mol. The van der Waals surface area contributed by atoms with Crippen LogP contribution in [-0.2, 0) is 0 Å². The molecular formula is C10H10N2. The van der Waals surface area contributed by atoms with Gasteiger partial charge < -0.3 is 5.32 Å². The molecule has 0 saturated carbocycles. The molecule has 1 aromatic heterocycles. The smallest absolute Gasteiger partial charge is 0.0473 e. The Morgan fingerprint density at radius 3 is 3.08 bits per heavy atom. The number of nitrogens with one attached hydrogen (secondary N) is 1. The lowest BCUT2D eigenvalue weighted by Crippen LogP contribution is -2.35. The minimum atomic E-state index is 0.457. The van der Waals surface area contributed by atoms with Crippen molar-refractivity contribution < 1.29 is 0 Å². The summed E-state index contributed by atoms with van der Waals surface area (Å²) in [7, 11) is 0. The highest BCUT2D eigenvalue weighted by Gasteiger charge is 2.20. The van der Waals surface area contributed by atoms with Gasteiger partial charge in [0.05, 0.1) is 0 Å². The minimum absolute atomic E-state index is 0.457. The molecule has 2 heterocycles. The van der Waals surface area contributed by atoms with Crippen LogP contribution in [0.15, 0.2) is 18.5 Å². The molecule has 1 aliphatic heterocycles. The molecule has 1 aliphatic rings. The van der Waals surface area contributed by atoms with E-state index in [1.54, 1.807) is 12.4 Å². The third-order valence-corrected chi connectivity index (χ3v) is 2.21. The fraction of sp³-hybridized carbons (Fsp3) is 0.300. The molecule has 0 radical (unpaired) electrons. The number of hydrogen-bond donors (Lipinski definition) is 1. The van der Waals surface area contributed by atoms with Gasteiger partial charge >= 0.3 is 0 Å². The Labute approximate surface area is 72.0 Å². The topological polar surface area (TPSA) is 24.9 Å². The van der Waals surface area contributed by atoms with Crippen molar-refractivity contribution in [1.82, 2.24) is 10.3 Å². The Balaban J connectivity index is 2.35. The summed E-state index contributed by atoms with van der Waals surface area (Å²) in [4.78, 5) is 3.99. The van der Waals surface area contributed by atoms with Crippen LogP contribution in [0.4, 0.5) is 0 Å². The molecule has 2 nitrogen and oxygen atoms in total. The summed E-state index contributed by atoms with van der Waals surface area (Å²) in [5.74, 6) is 2.64. The van der Waals surface area contributed by atoms with Gasteiger partial charge in [0.25, 0.3) is 0 Å². The first kappa shape index (κ1) is 7.33. The molecule has 0 aliphatic carbocycles. The van der Waals surface area contributed by atoms with Gasteiger partial charge in [-0.1, -0.05) is 5.92 Å². The molecule has 2 heteroatoms. The number of hydrogen-bond acceptors (Lipinski definition) is 2. The molecule has 0 spiro atoms. The third-order valence-electron chi connectivity index (χ3n) is 2.21. The highest BCUT2D eigenvalue weighted by atomic mass is 15.0. The van der Waals surface area contributed by atoms with Gasteiger partial charge in [-0.15, -0.1) is 6.42 Å². The first-order chi connectivity index (χ1) is 5.92. The van der Waals surface area contributed by atoms with Crippen molar-refractivity contribution in [3.63, 3.8) is 0 Å². The van der Waals surface area contributed by atoms with E-state index >= 15 is 0 Å². The maximum Gasteiger partial charge on any atom is 0.0473 e. The van der Waals surface area contributed by atoms with E-state index in [0.717, 1.165) is 12.1 Å². The first-order valence-corrected chi connectivity index (χ1v) is 4.05. The molecule has 1 fully saturated rings. The molecule has 1 aromatic rings. The lowest BCUT2D eigenvalue weighted by molar-refractivity contribution is 0.382. The second-order valence-electron chi connectivity index (χ2n) is 2.90. The zero-order valence-corrected chi connectivity index (χ0v) is 6.75. The van der Waals surface area contributed by atoms with Gasteiger partial charge in [-0.25, -0.2) is 0 Å². The predicted molar refractivity (Wildman–Crippen MR) is 47.5 cm³/mol. The van der Waals surface area contributed by atoms with Crippen LogP contribution in [0.3, 0.4) is 0 Å². The van der Waals surface area contributed by atoms with Crippen molar-refractivity contribution in [1.29, 1.82) is 0 Å². The lowest BCUT2D eigenvalue weighted by Gasteiger charge is -2.28. The van der Waals surface area contributed by atoms with Gasteiger partial charge in [-0.05, 0) is 24.6 Å². The molecular weight excluding hydrogens is 148 g/mol. The SMILES string of the molecule is C#Cc1cnccc1C1CCN1. The average Bonchev–Trinajstić information content (AvgIpc) is 2.02. The van der Waals surface area contributed by atoms with Crippen molar-refractivity contribution in [2.45, 2.75) is 12.5 Å². The van der Waals surface area contributed by atoms with Crippen LogP contribution in [0, 0.1) is 12.3 Å². The van der Waals surface area contributed by atoms with Crippen LogP contribution in [0.25, 0.3) is 0 Å². The van der Waals surface area contributed by atoms with Crippen LogP contribution in [-0.4, -0.2) is 11.5 Å². The summed E-state index contributed by atoms with van der Waals surface area (Å²) < 4.78 is 0. The Morgan fingerprint density at radius 2 is 2.50 bits per heavy atom. The van der Waals surface area contributed by atoms with Crippen LogP contribution in [0.2, 0.25) is 0 Å². The number of pyridine rings is 1. The molecule has 0 aromatic carbocycles. The fourth-order valence-electron chi connectivity index (χ4n) is 1.38. The number of nitrogens with zero attached hydrogens (tertiary/aromatic N) is 1. The maximum absolute atomic E-state index is 5.35. The maximum atomic E-state index is 5.35. The summed E-state index contributed by atoms with van der Waals surface area (Å²) >= 11 is 0. The molecule has 1 unspecified atom stereocenters. The molecule has 1 N–H and O–H groups in total. The van der Waals surface area contributed by atoms with Gasteiger partial charge in [0, 0.05) is 24.0 Å². The van der Waals surface area contributed by atoms with Crippen molar-refractivity contribution >= 4 is 0 Å². The molecule has 60 valence electrons. The van der Waals surface area contributed by atoms with Gasteiger partial charge in [-0.3, -0.25) is 4.98 Å². The van der Waals surface area contributed by atoms with Gasteiger partial charge in [-0.2, -0.15) is 0 Å². The zero-order valence-electron chi connectivity index (χ0n) is 6.75. The fourth-order valence-corrected chi connectivity index (χ4v) is 1.38. The third kappa shape index (κ3) is 1.09. The quantitative estimate of drug-likeness (QED) is 0.619. The Kier molecular flexibility index (Phi) is 1.81. The summed E-state index contributed by atoms with van der Waals surface area (Å²) in [6.07, 6.45) is 10.1. The Bertz CT molecular complexity index is 321. The largest absolute Gasteiger partial charge is 0.310 e. The number of terminal acetylenes is 1. The molecule has 0 amide bonds. The van der Waals surface area contributed by atoms with Crippen molar-refractivity contribution in [2.75, 3.05) is 6.54 Å². The molecule has 1 saturated heterocycles.